The normalized spacial score (nSPS) is 11.0. The number of hydrogen-bond acceptors (Lipinski definition) is 10. The van der Waals surface area contributed by atoms with Gasteiger partial charge in [-0.3, -0.25) is 4.79 Å². The van der Waals surface area contributed by atoms with Crippen LogP contribution in [0, 0.1) is 0 Å². The lowest BCUT2D eigenvalue weighted by atomic mass is 10.2. The Morgan fingerprint density at radius 1 is 0.927 bits per heavy atom. The fourth-order valence-electron chi connectivity index (χ4n) is 3.46. The molecule has 0 aliphatic heterocycles. The van der Waals surface area contributed by atoms with E-state index in [2.05, 4.69) is 25.6 Å². The molecule has 41 heavy (non-hydrogen) atoms. The molecule has 2 heterocycles. The first kappa shape index (κ1) is 31.2. The number of para-hydroxylation sites is 1. The summed E-state index contributed by atoms with van der Waals surface area (Å²) in [6.45, 7) is 10.0. The first-order chi connectivity index (χ1) is 19.7. The number of alkyl carbamates (subject to hydrolysis) is 1. The van der Waals surface area contributed by atoms with Gasteiger partial charge in [-0.05, 0) is 52.0 Å². The number of nitrogens with zero attached hydrogens (tertiary/aromatic N) is 4. The Kier molecular flexibility index (Phi) is 12.3. The molecule has 1 aromatic carbocycles. The van der Waals surface area contributed by atoms with E-state index < -0.39 is 11.7 Å². The summed E-state index contributed by atoms with van der Waals surface area (Å²) in [6.07, 6.45) is 2.60. The Morgan fingerprint density at radius 3 is 2.37 bits per heavy atom. The molecule has 0 saturated carbocycles. The van der Waals surface area contributed by atoms with Crippen LogP contribution in [0.5, 0.6) is 5.88 Å². The first-order valence-electron chi connectivity index (χ1n) is 13.4. The van der Waals surface area contributed by atoms with Crippen LogP contribution in [-0.2, 0) is 14.2 Å². The third-order valence-corrected chi connectivity index (χ3v) is 5.22. The van der Waals surface area contributed by atoms with Gasteiger partial charge in [0.2, 0.25) is 11.8 Å². The van der Waals surface area contributed by atoms with Gasteiger partial charge >= 0.3 is 6.09 Å². The zero-order chi connectivity index (χ0) is 29.5. The van der Waals surface area contributed by atoms with Gasteiger partial charge < -0.3 is 34.5 Å². The largest absolute Gasteiger partial charge is 0.478 e. The molecule has 0 unspecified atom stereocenters. The fraction of sp³-hybridized carbons (Fsp3) is 0.414. The molecule has 0 bridgehead atoms. The van der Waals surface area contributed by atoms with Gasteiger partial charge in [-0.15, -0.1) is 0 Å². The zero-order valence-corrected chi connectivity index (χ0v) is 24.0. The standard InChI is InChI=1S/C29H38N6O6/c1-5-40-25-12-11-22(21-32-25)33-26(36)24-13-14-30-27(34-24)35(23-9-7-6-8-10-23)16-18-39-20-19-38-17-15-31-28(37)41-29(2,3)4/h6-14,21H,5,15-20H2,1-4H3,(H,31,37)(H,33,36). The van der Waals surface area contributed by atoms with Crippen LogP contribution in [0.1, 0.15) is 38.2 Å². The maximum atomic E-state index is 12.9. The van der Waals surface area contributed by atoms with Gasteiger partial charge in [0.25, 0.3) is 5.91 Å². The third-order valence-electron chi connectivity index (χ3n) is 5.22. The summed E-state index contributed by atoms with van der Waals surface area (Å²) in [6, 6.07) is 14.6. The number of benzene rings is 1. The molecule has 0 aliphatic carbocycles. The molecule has 3 rings (SSSR count). The van der Waals surface area contributed by atoms with Crippen molar-refractivity contribution < 1.29 is 28.5 Å². The summed E-state index contributed by atoms with van der Waals surface area (Å²) in [5, 5.41) is 5.44. The van der Waals surface area contributed by atoms with E-state index in [9.17, 15) is 9.59 Å². The number of aromatic nitrogens is 3. The number of nitrogens with one attached hydrogen (secondary N) is 2. The lowest BCUT2D eigenvalue weighted by molar-refractivity contribution is 0.0411. The van der Waals surface area contributed by atoms with E-state index in [1.54, 1.807) is 24.4 Å². The van der Waals surface area contributed by atoms with Crippen LogP contribution in [0.4, 0.5) is 22.1 Å². The van der Waals surface area contributed by atoms with Crippen LogP contribution >= 0.6 is 0 Å². The molecule has 0 saturated heterocycles. The monoisotopic (exact) mass is 566 g/mol. The molecule has 0 atom stereocenters. The van der Waals surface area contributed by atoms with E-state index in [1.165, 1.54) is 6.20 Å². The zero-order valence-electron chi connectivity index (χ0n) is 24.0. The predicted molar refractivity (Wildman–Crippen MR) is 155 cm³/mol. The summed E-state index contributed by atoms with van der Waals surface area (Å²) in [7, 11) is 0. The maximum Gasteiger partial charge on any atom is 0.407 e. The number of amides is 2. The highest BCUT2D eigenvalue weighted by atomic mass is 16.6. The van der Waals surface area contributed by atoms with Crippen LogP contribution < -0.4 is 20.3 Å². The first-order valence-corrected chi connectivity index (χ1v) is 13.4. The minimum absolute atomic E-state index is 0.208. The van der Waals surface area contributed by atoms with Crippen molar-refractivity contribution >= 4 is 29.3 Å². The average molecular weight is 567 g/mol. The molecule has 2 aromatic heterocycles. The van der Waals surface area contributed by atoms with E-state index >= 15 is 0 Å². The lowest BCUT2D eigenvalue weighted by Crippen LogP contribution is -2.34. The van der Waals surface area contributed by atoms with Crippen LogP contribution in [0.15, 0.2) is 60.9 Å². The van der Waals surface area contributed by atoms with E-state index in [4.69, 9.17) is 18.9 Å². The Morgan fingerprint density at radius 2 is 1.68 bits per heavy atom. The van der Waals surface area contributed by atoms with Gasteiger partial charge in [0.05, 0.1) is 44.9 Å². The summed E-state index contributed by atoms with van der Waals surface area (Å²) in [4.78, 5) is 39.5. The Bertz CT molecular complexity index is 1220. The Labute approximate surface area is 240 Å². The number of pyridine rings is 1. The summed E-state index contributed by atoms with van der Waals surface area (Å²) in [5.74, 6) is 0.459. The van der Waals surface area contributed by atoms with Crippen molar-refractivity contribution in [2.24, 2.45) is 0 Å². The van der Waals surface area contributed by atoms with Gasteiger partial charge in [-0.1, -0.05) is 18.2 Å². The number of carbonyl (C=O) groups is 2. The van der Waals surface area contributed by atoms with Gasteiger partial charge in [0.15, 0.2) is 0 Å². The van der Waals surface area contributed by atoms with Gasteiger partial charge in [-0.2, -0.15) is 0 Å². The summed E-state index contributed by atoms with van der Waals surface area (Å²) in [5.41, 5.74) is 1.04. The second kappa shape index (κ2) is 16.1. The molecule has 220 valence electrons. The van der Waals surface area contributed by atoms with Crippen molar-refractivity contribution in [1.29, 1.82) is 0 Å². The highest BCUT2D eigenvalue weighted by Gasteiger charge is 2.17. The lowest BCUT2D eigenvalue weighted by Gasteiger charge is -2.23. The third kappa shape index (κ3) is 11.4. The molecule has 0 aliphatic rings. The molecule has 12 heteroatoms. The van der Waals surface area contributed by atoms with Crippen LogP contribution in [-0.4, -0.2) is 78.7 Å². The molecule has 2 N–H and O–H groups in total. The van der Waals surface area contributed by atoms with Crippen LogP contribution in [0.2, 0.25) is 0 Å². The topological polar surface area (TPSA) is 137 Å². The molecular formula is C29H38N6O6. The summed E-state index contributed by atoms with van der Waals surface area (Å²) >= 11 is 0. The van der Waals surface area contributed by atoms with Crippen molar-refractivity contribution in [3.63, 3.8) is 0 Å². The van der Waals surface area contributed by atoms with E-state index in [1.807, 2.05) is 62.9 Å². The molecule has 0 spiro atoms. The molecule has 3 aromatic rings. The van der Waals surface area contributed by atoms with E-state index in [-0.39, 0.29) is 11.6 Å². The molecule has 0 fully saturated rings. The fourth-order valence-corrected chi connectivity index (χ4v) is 3.46. The minimum Gasteiger partial charge on any atom is -0.478 e. The van der Waals surface area contributed by atoms with E-state index in [0.29, 0.717) is 63.6 Å². The smallest absolute Gasteiger partial charge is 0.407 e. The Hall–Kier alpha value is -4.29. The molecule has 2 amide bonds. The number of ether oxygens (including phenoxy) is 4. The predicted octanol–water partition coefficient (Wildman–Crippen LogP) is 4.22. The quantitative estimate of drug-likeness (QED) is 0.257. The number of hydrogen-bond donors (Lipinski definition) is 2. The van der Waals surface area contributed by atoms with Gasteiger partial charge in [0, 0.05) is 31.0 Å². The average Bonchev–Trinajstić information content (AvgIpc) is 2.95. The van der Waals surface area contributed by atoms with Crippen molar-refractivity contribution in [2.75, 3.05) is 56.3 Å². The molecule has 12 nitrogen and oxygen atoms in total. The second-order valence-electron chi connectivity index (χ2n) is 9.65. The van der Waals surface area contributed by atoms with E-state index in [0.717, 1.165) is 5.69 Å². The highest BCUT2D eigenvalue weighted by molar-refractivity contribution is 6.02. The molecular weight excluding hydrogens is 528 g/mol. The van der Waals surface area contributed by atoms with Crippen molar-refractivity contribution in [3.05, 3.63) is 66.6 Å². The number of anilines is 3. The molecule has 0 radical (unpaired) electrons. The summed E-state index contributed by atoms with van der Waals surface area (Å²) < 4.78 is 21.8. The van der Waals surface area contributed by atoms with Crippen molar-refractivity contribution in [1.82, 2.24) is 20.3 Å². The van der Waals surface area contributed by atoms with Crippen molar-refractivity contribution in [2.45, 2.75) is 33.3 Å². The number of rotatable bonds is 15. The maximum absolute atomic E-state index is 12.9. The SMILES string of the molecule is CCOc1ccc(NC(=O)c2ccnc(N(CCOCCOCCNC(=O)OC(C)(C)C)c3ccccc3)n2)cn1. The van der Waals surface area contributed by atoms with Gasteiger partial charge in [0.1, 0.15) is 11.3 Å². The van der Waals surface area contributed by atoms with Crippen LogP contribution in [0.3, 0.4) is 0 Å². The highest BCUT2D eigenvalue weighted by Crippen LogP contribution is 2.22. The van der Waals surface area contributed by atoms with Gasteiger partial charge in [-0.25, -0.2) is 19.7 Å². The number of carbonyl (C=O) groups excluding carboxylic acids is 2. The second-order valence-corrected chi connectivity index (χ2v) is 9.65. The Balaban J connectivity index is 1.50. The van der Waals surface area contributed by atoms with Crippen LogP contribution in [0.25, 0.3) is 0 Å². The van der Waals surface area contributed by atoms with Crippen molar-refractivity contribution in [3.8, 4) is 5.88 Å². The minimum atomic E-state index is -0.542.